The number of benzene rings is 9. The molecule has 10 rings (SSSR count). The fourth-order valence-corrected chi connectivity index (χ4v) is 7.76. The minimum atomic E-state index is 0.870. The maximum atomic E-state index is 6.64. The van der Waals surface area contributed by atoms with Crippen molar-refractivity contribution in [3.05, 3.63) is 200 Å². The summed E-state index contributed by atoms with van der Waals surface area (Å²) in [6, 6.07) is 71.6. The van der Waals surface area contributed by atoms with Gasteiger partial charge in [-0.1, -0.05) is 152 Å². The zero-order valence-electron chi connectivity index (χ0n) is 28.4. The van der Waals surface area contributed by atoms with Gasteiger partial charge >= 0.3 is 0 Å². The van der Waals surface area contributed by atoms with E-state index in [4.69, 9.17) is 4.42 Å². The van der Waals surface area contributed by atoms with E-state index in [-0.39, 0.29) is 0 Å². The van der Waals surface area contributed by atoms with Gasteiger partial charge in [-0.2, -0.15) is 0 Å². The molecule has 244 valence electrons. The highest BCUT2D eigenvalue weighted by Gasteiger charge is 2.21. The summed E-state index contributed by atoms with van der Waals surface area (Å²) >= 11 is 0. The molecule has 0 amide bonds. The molecule has 0 fully saturated rings. The first-order chi connectivity index (χ1) is 25.8. The number of nitrogens with zero attached hydrogens (tertiary/aromatic N) is 1. The van der Waals surface area contributed by atoms with Crippen molar-refractivity contribution in [3.63, 3.8) is 0 Å². The van der Waals surface area contributed by atoms with Gasteiger partial charge in [0.15, 0.2) is 0 Å². The van der Waals surface area contributed by atoms with Gasteiger partial charge in [0.05, 0.1) is 5.69 Å². The molecule has 0 bridgehead atoms. The molecule has 2 heteroatoms. The molecular formula is C50H33NO. The van der Waals surface area contributed by atoms with E-state index < -0.39 is 0 Å². The molecule has 0 unspecified atom stereocenters. The van der Waals surface area contributed by atoms with Crippen molar-refractivity contribution >= 4 is 60.5 Å². The molecule has 0 saturated heterocycles. The summed E-state index contributed by atoms with van der Waals surface area (Å²) in [4.78, 5) is 2.38. The molecule has 0 N–H and O–H groups in total. The summed E-state index contributed by atoms with van der Waals surface area (Å²) in [5, 5.41) is 7.09. The van der Waals surface area contributed by atoms with E-state index in [2.05, 4.69) is 205 Å². The Bertz CT molecular complexity index is 2890. The van der Waals surface area contributed by atoms with Crippen molar-refractivity contribution in [1.29, 1.82) is 0 Å². The highest BCUT2D eigenvalue weighted by atomic mass is 16.3. The Morgan fingerprint density at radius 2 is 0.981 bits per heavy atom. The summed E-state index contributed by atoms with van der Waals surface area (Å²) in [6.07, 6.45) is 0. The molecule has 0 aliphatic rings. The fourth-order valence-electron chi connectivity index (χ4n) is 7.76. The van der Waals surface area contributed by atoms with E-state index in [9.17, 15) is 0 Å². The van der Waals surface area contributed by atoms with Crippen LogP contribution in [0.15, 0.2) is 205 Å². The third-order valence-electron chi connectivity index (χ3n) is 10.2. The van der Waals surface area contributed by atoms with Gasteiger partial charge in [0, 0.05) is 33.3 Å². The number of hydrogen-bond donors (Lipinski definition) is 0. The van der Waals surface area contributed by atoms with Gasteiger partial charge in [0.1, 0.15) is 11.2 Å². The molecule has 0 radical (unpaired) electrons. The Hall–Kier alpha value is -6.90. The van der Waals surface area contributed by atoms with Crippen LogP contribution in [0.1, 0.15) is 0 Å². The van der Waals surface area contributed by atoms with Crippen LogP contribution < -0.4 is 4.90 Å². The lowest BCUT2D eigenvalue weighted by molar-refractivity contribution is 0.669. The van der Waals surface area contributed by atoms with Crippen molar-refractivity contribution in [2.75, 3.05) is 4.90 Å². The monoisotopic (exact) mass is 663 g/mol. The quantitative estimate of drug-likeness (QED) is 0.176. The Labute approximate surface area is 302 Å². The molecule has 0 spiro atoms. The van der Waals surface area contributed by atoms with Crippen LogP contribution in [-0.2, 0) is 0 Å². The predicted octanol–water partition coefficient (Wildman–Crippen LogP) is 14.4. The summed E-state index contributed by atoms with van der Waals surface area (Å²) in [6.45, 7) is 0. The van der Waals surface area contributed by atoms with Gasteiger partial charge in [-0.25, -0.2) is 0 Å². The zero-order chi connectivity index (χ0) is 34.4. The van der Waals surface area contributed by atoms with Crippen LogP contribution in [0.4, 0.5) is 17.1 Å². The van der Waals surface area contributed by atoms with Crippen molar-refractivity contribution < 1.29 is 4.42 Å². The van der Waals surface area contributed by atoms with Crippen LogP contribution >= 0.6 is 0 Å². The molecule has 0 aliphatic carbocycles. The molecular weight excluding hydrogens is 631 g/mol. The van der Waals surface area contributed by atoms with Gasteiger partial charge in [-0.15, -0.1) is 0 Å². The van der Waals surface area contributed by atoms with E-state index in [0.717, 1.165) is 50.0 Å². The first kappa shape index (κ1) is 30.0. The number of rotatable bonds is 6. The second-order valence-corrected chi connectivity index (χ2v) is 13.3. The second-order valence-electron chi connectivity index (χ2n) is 13.3. The first-order valence-corrected chi connectivity index (χ1v) is 17.8. The van der Waals surface area contributed by atoms with Gasteiger partial charge in [0.2, 0.25) is 0 Å². The van der Waals surface area contributed by atoms with Crippen LogP contribution in [-0.4, -0.2) is 0 Å². The third kappa shape index (κ3) is 5.12. The molecule has 1 aromatic heterocycles. The van der Waals surface area contributed by atoms with Gasteiger partial charge in [-0.05, 0) is 92.3 Å². The van der Waals surface area contributed by atoms with Gasteiger partial charge < -0.3 is 9.32 Å². The van der Waals surface area contributed by atoms with Crippen LogP contribution in [0.5, 0.6) is 0 Å². The number of fused-ring (bicyclic) bond motifs is 5. The average molecular weight is 664 g/mol. The largest absolute Gasteiger partial charge is 0.456 e. The minimum absolute atomic E-state index is 0.870. The average Bonchev–Trinajstić information content (AvgIpc) is 3.58. The highest BCUT2D eigenvalue weighted by molar-refractivity contribution is 6.21. The topological polar surface area (TPSA) is 16.4 Å². The lowest BCUT2D eigenvalue weighted by Gasteiger charge is -2.28. The number of para-hydroxylation sites is 1. The predicted molar refractivity (Wildman–Crippen MR) is 220 cm³/mol. The summed E-state index contributed by atoms with van der Waals surface area (Å²) < 4.78 is 6.64. The van der Waals surface area contributed by atoms with E-state index in [1.165, 1.54) is 44.0 Å². The summed E-state index contributed by atoms with van der Waals surface area (Å²) in [7, 11) is 0. The van der Waals surface area contributed by atoms with E-state index in [0.29, 0.717) is 0 Å². The Kier molecular flexibility index (Phi) is 7.18. The highest BCUT2D eigenvalue weighted by Crippen LogP contribution is 2.46. The van der Waals surface area contributed by atoms with Crippen LogP contribution in [0.3, 0.4) is 0 Å². The first-order valence-electron chi connectivity index (χ1n) is 17.8. The van der Waals surface area contributed by atoms with E-state index in [1.807, 2.05) is 0 Å². The SMILES string of the molecule is c1ccc(-c2ccccc2N(c2ccc(-c3ccc4ccccc4c3)cc2)c2ccc3oc4cc5ccccc5c(-c5ccccc5)c4c3c2)cc1. The lowest BCUT2D eigenvalue weighted by atomic mass is 9.93. The molecule has 10 aromatic rings. The van der Waals surface area contributed by atoms with Crippen molar-refractivity contribution in [3.8, 4) is 33.4 Å². The van der Waals surface area contributed by atoms with E-state index in [1.54, 1.807) is 0 Å². The van der Waals surface area contributed by atoms with Crippen molar-refractivity contribution in [2.45, 2.75) is 0 Å². The molecule has 52 heavy (non-hydrogen) atoms. The lowest BCUT2D eigenvalue weighted by Crippen LogP contribution is -2.11. The number of hydrogen-bond acceptors (Lipinski definition) is 2. The molecule has 1 heterocycles. The third-order valence-corrected chi connectivity index (χ3v) is 10.2. The van der Waals surface area contributed by atoms with Gasteiger partial charge in [-0.3, -0.25) is 0 Å². The Morgan fingerprint density at radius 1 is 0.346 bits per heavy atom. The maximum absolute atomic E-state index is 6.64. The molecule has 2 nitrogen and oxygen atoms in total. The Morgan fingerprint density at radius 3 is 1.79 bits per heavy atom. The number of furan rings is 1. The van der Waals surface area contributed by atoms with Crippen molar-refractivity contribution in [2.24, 2.45) is 0 Å². The standard InChI is InChI=1S/C50H33NO/c1-3-14-36(15-4-1)43-20-11-12-22-46(43)51(41-27-25-35(26-28-41)39-24-23-34-13-7-8-18-38(34)31-39)42-29-30-47-45(33-42)50-48(52-47)32-40-19-9-10-21-44(40)49(50)37-16-5-2-6-17-37/h1-33H. The van der Waals surface area contributed by atoms with Gasteiger partial charge in [0.25, 0.3) is 0 Å². The Balaban J connectivity index is 1.19. The maximum Gasteiger partial charge on any atom is 0.136 e. The van der Waals surface area contributed by atoms with Crippen LogP contribution in [0.25, 0.3) is 76.9 Å². The molecule has 0 atom stereocenters. The summed E-state index contributed by atoms with van der Waals surface area (Å²) in [5.41, 5.74) is 12.1. The fraction of sp³-hybridized carbons (Fsp3) is 0. The smallest absolute Gasteiger partial charge is 0.136 e. The normalized spacial score (nSPS) is 11.5. The zero-order valence-corrected chi connectivity index (χ0v) is 28.4. The molecule has 0 saturated carbocycles. The molecule has 9 aromatic carbocycles. The van der Waals surface area contributed by atoms with Crippen molar-refractivity contribution in [1.82, 2.24) is 0 Å². The number of anilines is 3. The van der Waals surface area contributed by atoms with E-state index >= 15 is 0 Å². The molecule has 0 aliphatic heterocycles. The van der Waals surface area contributed by atoms with Crippen LogP contribution in [0, 0.1) is 0 Å². The van der Waals surface area contributed by atoms with Crippen LogP contribution in [0.2, 0.25) is 0 Å². The minimum Gasteiger partial charge on any atom is -0.456 e. The second kappa shape index (κ2) is 12.5. The summed E-state index contributed by atoms with van der Waals surface area (Å²) in [5.74, 6) is 0.